The molecule has 0 atom stereocenters. The highest BCUT2D eigenvalue weighted by molar-refractivity contribution is 5.45. The van der Waals surface area contributed by atoms with Crippen molar-refractivity contribution in [3.8, 4) is 0 Å². The monoisotopic (exact) mass is 188 g/mol. The SMILES string of the molecule is C=C.C=C/C=C(\C=C/C)C(=C)/C=C\C. The molecule has 0 spiro atoms. The summed E-state index contributed by atoms with van der Waals surface area (Å²) in [7, 11) is 0. The third-order valence-corrected chi connectivity index (χ3v) is 1.38. The lowest BCUT2D eigenvalue weighted by Gasteiger charge is -1.98. The lowest BCUT2D eigenvalue weighted by molar-refractivity contribution is 1.53. The lowest BCUT2D eigenvalue weighted by atomic mass is 10.1. The van der Waals surface area contributed by atoms with E-state index < -0.39 is 0 Å². The van der Waals surface area contributed by atoms with E-state index in [1.54, 1.807) is 6.08 Å². The molecular formula is C14H20. The second-order valence-electron chi connectivity index (χ2n) is 2.38. The van der Waals surface area contributed by atoms with E-state index in [-0.39, 0.29) is 0 Å². The number of allylic oxidation sites excluding steroid dienone is 8. The van der Waals surface area contributed by atoms with Gasteiger partial charge in [-0.15, -0.1) is 13.2 Å². The molecular weight excluding hydrogens is 168 g/mol. The second-order valence-corrected chi connectivity index (χ2v) is 2.38. The Labute approximate surface area is 88.4 Å². The van der Waals surface area contributed by atoms with Gasteiger partial charge >= 0.3 is 0 Å². The third-order valence-electron chi connectivity index (χ3n) is 1.38. The molecule has 0 bridgehead atoms. The minimum absolute atomic E-state index is 1.01. The van der Waals surface area contributed by atoms with Crippen molar-refractivity contribution >= 4 is 0 Å². The van der Waals surface area contributed by atoms with Gasteiger partial charge < -0.3 is 0 Å². The van der Waals surface area contributed by atoms with Crippen LogP contribution in [0.25, 0.3) is 0 Å². The minimum Gasteiger partial charge on any atom is -0.106 e. The Morgan fingerprint density at radius 1 is 1.00 bits per heavy atom. The zero-order valence-corrected chi connectivity index (χ0v) is 9.29. The van der Waals surface area contributed by atoms with Crippen molar-refractivity contribution in [1.29, 1.82) is 0 Å². The molecule has 0 saturated carbocycles. The van der Waals surface area contributed by atoms with Crippen molar-refractivity contribution in [3.05, 3.63) is 73.9 Å². The smallest absolute Gasteiger partial charge is 0.0194 e. The molecule has 0 aliphatic rings. The number of hydrogen-bond donors (Lipinski definition) is 0. The average Bonchev–Trinajstić information content (AvgIpc) is 2.21. The highest BCUT2D eigenvalue weighted by atomic mass is 14.0. The van der Waals surface area contributed by atoms with Crippen molar-refractivity contribution in [2.24, 2.45) is 0 Å². The molecule has 0 aliphatic heterocycles. The first-order chi connectivity index (χ1) is 6.76. The fraction of sp³-hybridized carbons (Fsp3) is 0.143. The summed E-state index contributed by atoms with van der Waals surface area (Å²) in [5.41, 5.74) is 2.11. The largest absolute Gasteiger partial charge is 0.106 e. The van der Waals surface area contributed by atoms with Gasteiger partial charge in [0.1, 0.15) is 0 Å². The first kappa shape index (κ1) is 14.9. The summed E-state index contributed by atoms with van der Waals surface area (Å²) >= 11 is 0. The van der Waals surface area contributed by atoms with E-state index in [0.29, 0.717) is 0 Å². The third kappa shape index (κ3) is 7.11. The number of hydrogen-bond acceptors (Lipinski definition) is 0. The van der Waals surface area contributed by atoms with Crippen LogP contribution in [0.5, 0.6) is 0 Å². The van der Waals surface area contributed by atoms with Gasteiger partial charge in [0.05, 0.1) is 0 Å². The summed E-state index contributed by atoms with van der Waals surface area (Å²) in [6.45, 7) is 17.5. The zero-order chi connectivity index (χ0) is 11.4. The van der Waals surface area contributed by atoms with Crippen molar-refractivity contribution in [3.63, 3.8) is 0 Å². The maximum Gasteiger partial charge on any atom is -0.0194 e. The highest BCUT2D eigenvalue weighted by Gasteiger charge is 1.91. The Morgan fingerprint density at radius 3 is 1.86 bits per heavy atom. The molecule has 14 heavy (non-hydrogen) atoms. The Kier molecular flexibility index (Phi) is 12.2. The Bertz CT molecular complexity index is 249. The molecule has 0 aromatic heterocycles. The first-order valence-corrected chi connectivity index (χ1v) is 4.53. The zero-order valence-electron chi connectivity index (χ0n) is 9.29. The van der Waals surface area contributed by atoms with Crippen molar-refractivity contribution in [2.75, 3.05) is 0 Å². The van der Waals surface area contributed by atoms with E-state index in [2.05, 4.69) is 26.3 Å². The molecule has 0 aromatic rings. The van der Waals surface area contributed by atoms with Crippen LogP contribution in [-0.2, 0) is 0 Å². The van der Waals surface area contributed by atoms with E-state index in [4.69, 9.17) is 0 Å². The molecule has 0 saturated heterocycles. The molecule has 0 unspecified atom stereocenters. The van der Waals surface area contributed by atoms with Crippen LogP contribution in [0.2, 0.25) is 0 Å². The summed E-state index contributed by atoms with van der Waals surface area (Å²) in [6.07, 6.45) is 11.7. The average molecular weight is 188 g/mol. The topological polar surface area (TPSA) is 0 Å². The molecule has 0 fully saturated rings. The van der Waals surface area contributed by atoms with Crippen LogP contribution in [0, 0.1) is 0 Å². The van der Waals surface area contributed by atoms with Crippen LogP contribution in [0.3, 0.4) is 0 Å². The predicted octanol–water partition coefficient (Wildman–Crippen LogP) is 4.61. The van der Waals surface area contributed by atoms with Gasteiger partial charge in [-0.05, 0) is 25.0 Å². The molecule has 0 nitrogen and oxygen atoms in total. The summed E-state index contributed by atoms with van der Waals surface area (Å²) in [4.78, 5) is 0. The van der Waals surface area contributed by atoms with Gasteiger partial charge in [-0.1, -0.05) is 49.6 Å². The summed E-state index contributed by atoms with van der Waals surface area (Å²) < 4.78 is 0. The van der Waals surface area contributed by atoms with Crippen LogP contribution in [-0.4, -0.2) is 0 Å². The maximum atomic E-state index is 3.93. The predicted molar refractivity (Wildman–Crippen MR) is 68.3 cm³/mol. The van der Waals surface area contributed by atoms with Crippen LogP contribution < -0.4 is 0 Å². The normalized spacial score (nSPS) is 11.1. The van der Waals surface area contributed by atoms with Gasteiger partial charge in [0.2, 0.25) is 0 Å². The maximum absolute atomic E-state index is 3.93. The molecule has 0 N–H and O–H groups in total. The summed E-state index contributed by atoms with van der Waals surface area (Å²) in [6, 6.07) is 0. The fourth-order valence-corrected chi connectivity index (χ4v) is 0.874. The quantitative estimate of drug-likeness (QED) is 0.446. The summed E-state index contributed by atoms with van der Waals surface area (Å²) in [5, 5.41) is 0. The van der Waals surface area contributed by atoms with E-state index >= 15 is 0 Å². The molecule has 0 aromatic carbocycles. The first-order valence-electron chi connectivity index (χ1n) is 4.53. The minimum atomic E-state index is 1.01. The second kappa shape index (κ2) is 11.4. The van der Waals surface area contributed by atoms with Crippen LogP contribution in [0.4, 0.5) is 0 Å². The van der Waals surface area contributed by atoms with Gasteiger partial charge in [-0.2, -0.15) is 0 Å². The molecule has 0 heterocycles. The Morgan fingerprint density at radius 2 is 1.50 bits per heavy atom. The van der Waals surface area contributed by atoms with E-state index in [9.17, 15) is 0 Å². The molecule has 76 valence electrons. The van der Waals surface area contributed by atoms with Gasteiger partial charge in [-0.25, -0.2) is 0 Å². The molecule has 0 heteroatoms. The van der Waals surface area contributed by atoms with Crippen molar-refractivity contribution < 1.29 is 0 Å². The van der Waals surface area contributed by atoms with Crippen LogP contribution in [0.15, 0.2) is 73.9 Å². The highest BCUT2D eigenvalue weighted by Crippen LogP contribution is 2.10. The van der Waals surface area contributed by atoms with E-state index in [0.717, 1.165) is 11.1 Å². The van der Waals surface area contributed by atoms with Crippen molar-refractivity contribution in [2.45, 2.75) is 13.8 Å². The summed E-state index contributed by atoms with van der Waals surface area (Å²) in [5.74, 6) is 0. The van der Waals surface area contributed by atoms with Gasteiger partial charge in [0, 0.05) is 0 Å². The molecule has 0 aliphatic carbocycles. The van der Waals surface area contributed by atoms with E-state index in [1.165, 1.54) is 0 Å². The lowest BCUT2D eigenvalue weighted by Crippen LogP contribution is -1.79. The van der Waals surface area contributed by atoms with Gasteiger partial charge in [-0.3, -0.25) is 0 Å². The van der Waals surface area contributed by atoms with Crippen molar-refractivity contribution in [1.82, 2.24) is 0 Å². The van der Waals surface area contributed by atoms with Gasteiger partial charge in [0.15, 0.2) is 0 Å². The standard InChI is InChI=1S/C12H16.C2H4/c1-5-8-11(4)12(9-6-2)10-7-3;1-2/h5-10H,2,4H2,1,3H3;1-2H2/b8-5-,10-7-,12-9+;. The van der Waals surface area contributed by atoms with Crippen LogP contribution >= 0.6 is 0 Å². The molecule has 0 amide bonds. The Balaban J connectivity index is 0. The van der Waals surface area contributed by atoms with E-state index in [1.807, 2.05) is 44.2 Å². The Hall–Kier alpha value is -1.56. The van der Waals surface area contributed by atoms with Crippen LogP contribution in [0.1, 0.15) is 13.8 Å². The fourth-order valence-electron chi connectivity index (χ4n) is 0.874. The molecule has 0 rings (SSSR count). The molecule has 0 radical (unpaired) electrons. The number of rotatable bonds is 4. The van der Waals surface area contributed by atoms with Gasteiger partial charge in [0.25, 0.3) is 0 Å².